The molecule has 2 atom stereocenters. The Kier molecular flexibility index (Phi) is 7.81. The van der Waals surface area contributed by atoms with Crippen molar-refractivity contribution in [3.05, 3.63) is 47.4 Å². The van der Waals surface area contributed by atoms with Crippen LogP contribution in [0.5, 0.6) is 0 Å². The van der Waals surface area contributed by atoms with Gasteiger partial charge in [-0.05, 0) is 30.2 Å². The summed E-state index contributed by atoms with van der Waals surface area (Å²) in [5.74, 6) is -1.03. The molecule has 0 fully saturated rings. The van der Waals surface area contributed by atoms with Gasteiger partial charge in [-0.2, -0.15) is 0 Å². The summed E-state index contributed by atoms with van der Waals surface area (Å²) in [5, 5.41) is 31.5. The molecule has 7 nitrogen and oxygen atoms in total. The largest absolute Gasteiger partial charge is 0.481 e. The number of carboxylic acids is 1. The standard InChI is InChI=1S/C21H26FN3O4/c1-12(2)19-17(9-8-15(26)10-16(27)11-18(28)29)20(25-21(23-3)24-19)13-4-6-14(22)7-5-13/h4-9,12,15-16,26-27H,10-11H2,1-3H3,(H,28,29)(H,23,24,25)/b9-8+/t15?,16-/m1/s1. The first-order chi connectivity index (χ1) is 13.7. The molecule has 156 valence electrons. The quantitative estimate of drug-likeness (QED) is 0.509. The predicted octanol–water partition coefficient (Wildman–Crippen LogP) is 3.05. The summed E-state index contributed by atoms with van der Waals surface area (Å²) in [6.07, 6.45) is 0.378. The lowest BCUT2D eigenvalue weighted by Gasteiger charge is -2.16. The number of aliphatic carboxylic acids is 1. The highest BCUT2D eigenvalue weighted by Crippen LogP contribution is 2.30. The Morgan fingerprint density at radius 1 is 1.21 bits per heavy atom. The SMILES string of the molecule is CNc1nc(-c2ccc(F)cc2)c(/C=C/C(O)C[C@@H](O)CC(=O)O)c(C(C)C)n1. The molecule has 4 N–H and O–H groups in total. The van der Waals surface area contributed by atoms with Crippen LogP contribution in [0.15, 0.2) is 30.3 Å². The van der Waals surface area contributed by atoms with Crippen LogP contribution in [0, 0.1) is 5.82 Å². The highest BCUT2D eigenvalue weighted by atomic mass is 19.1. The number of carbonyl (C=O) groups is 1. The van der Waals surface area contributed by atoms with Crippen LogP contribution in [-0.4, -0.2) is 50.5 Å². The number of halogens is 1. The van der Waals surface area contributed by atoms with Crippen LogP contribution in [-0.2, 0) is 4.79 Å². The first-order valence-electron chi connectivity index (χ1n) is 9.33. The highest BCUT2D eigenvalue weighted by Gasteiger charge is 2.18. The van der Waals surface area contributed by atoms with Gasteiger partial charge >= 0.3 is 5.97 Å². The first kappa shape index (κ1) is 22.4. The maximum absolute atomic E-state index is 13.4. The average Bonchev–Trinajstić information content (AvgIpc) is 2.65. The van der Waals surface area contributed by atoms with Crippen molar-refractivity contribution in [1.29, 1.82) is 0 Å². The van der Waals surface area contributed by atoms with E-state index in [-0.39, 0.29) is 18.2 Å². The number of benzene rings is 1. The van der Waals surface area contributed by atoms with Gasteiger partial charge in [-0.1, -0.05) is 26.0 Å². The molecule has 0 amide bonds. The molecule has 0 saturated carbocycles. The van der Waals surface area contributed by atoms with Crippen molar-refractivity contribution in [3.8, 4) is 11.3 Å². The number of hydrogen-bond acceptors (Lipinski definition) is 6. The summed E-state index contributed by atoms with van der Waals surface area (Å²) in [5.41, 5.74) is 2.66. The number of nitrogens with one attached hydrogen (secondary N) is 1. The minimum atomic E-state index is -1.16. The van der Waals surface area contributed by atoms with Crippen molar-refractivity contribution in [1.82, 2.24) is 9.97 Å². The van der Waals surface area contributed by atoms with Crippen LogP contribution < -0.4 is 5.32 Å². The van der Waals surface area contributed by atoms with E-state index in [1.54, 1.807) is 25.3 Å². The van der Waals surface area contributed by atoms with E-state index < -0.39 is 24.6 Å². The first-order valence-corrected chi connectivity index (χ1v) is 9.33. The van der Waals surface area contributed by atoms with Gasteiger partial charge in [0.1, 0.15) is 5.82 Å². The number of aliphatic hydroxyl groups excluding tert-OH is 2. The number of nitrogens with zero attached hydrogens (tertiary/aromatic N) is 2. The Morgan fingerprint density at radius 2 is 1.86 bits per heavy atom. The van der Waals surface area contributed by atoms with Gasteiger partial charge in [0.2, 0.25) is 5.95 Å². The van der Waals surface area contributed by atoms with Crippen LogP contribution in [0.3, 0.4) is 0 Å². The number of carboxylic acid groups (broad SMARTS) is 1. The minimum absolute atomic E-state index is 0.0405. The zero-order chi connectivity index (χ0) is 21.6. The van der Waals surface area contributed by atoms with Crippen LogP contribution in [0.1, 0.15) is 43.9 Å². The van der Waals surface area contributed by atoms with E-state index in [0.29, 0.717) is 22.8 Å². The Balaban J connectivity index is 2.45. The van der Waals surface area contributed by atoms with E-state index in [1.165, 1.54) is 18.2 Å². The van der Waals surface area contributed by atoms with Gasteiger partial charge < -0.3 is 20.6 Å². The third kappa shape index (κ3) is 6.33. The monoisotopic (exact) mass is 403 g/mol. The zero-order valence-corrected chi connectivity index (χ0v) is 16.6. The molecule has 0 spiro atoms. The molecule has 1 aromatic carbocycles. The molecule has 29 heavy (non-hydrogen) atoms. The van der Waals surface area contributed by atoms with Gasteiger partial charge in [0, 0.05) is 24.6 Å². The van der Waals surface area contributed by atoms with Crippen LogP contribution in [0.2, 0.25) is 0 Å². The molecule has 0 aliphatic heterocycles. The molecule has 1 unspecified atom stereocenters. The lowest BCUT2D eigenvalue weighted by atomic mass is 9.97. The van der Waals surface area contributed by atoms with Crippen molar-refractivity contribution in [2.75, 3.05) is 12.4 Å². The van der Waals surface area contributed by atoms with Gasteiger partial charge in [-0.25, -0.2) is 14.4 Å². The Labute approximate surface area is 169 Å². The number of hydrogen-bond donors (Lipinski definition) is 4. The molecule has 0 aliphatic carbocycles. The maximum Gasteiger partial charge on any atom is 0.305 e. The van der Waals surface area contributed by atoms with Crippen molar-refractivity contribution in [3.63, 3.8) is 0 Å². The Hall–Kier alpha value is -2.84. The lowest BCUT2D eigenvalue weighted by Crippen LogP contribution is -2.19. The van der Waals surface area contributed by atoms with E-state index in [0.717, 1.165) is 5.69 Å². The normalized spacial score (nSPS) is 13.6. The molecule has 1 heterocycles. The second kappa shape index (κ2) is 10.1. The number of anilines is 1. The predicted molar refractivity (Wildman–Crippen MR) is 109 cm³/mol. The molecular formula is C21H26FN3O4. The Morgan fingerprint density at radius 3 is 2.41 bits per heavy atom. The average molecular weight is 403 g/mol. The summed E-state index contributed by atoms with van der Waals surface area (Å²) >= 11 is 0. The van der Waals surface area contributed by atoms with Crippen molar-refractivity contribution < 1.29 is 24.5 Å². The summed E-state index contributed by atoms with van der Waals surface area (Å²) in [7, 11) is 1.71. The van der Waals surface area contributed by atoms with E-state index in [2.05, 4.69) is 15.3 Å². The van der Waals surface area contributed by atoms with Gasteiger partial charge in [0.25, 0.3) is 0 Å². The topological polar surface area (TPSA) is 116 Å². The number of rotatable bonds is 9. The lowest BCUT2D eigenvalue weighted by molar-refractivity contribution is -0.139. The van der Waals surface area contributed by atoms with Crippen molar-refractivity contribution >= 4 is 18.0 Å². The van der Waals surface area contributed by atoms with Crippen LogP contribution >= 0.6 is 0 Å². The molecule has 0 radical (unpaired) electrons. The van der Waals surface area contributed by atoms with E-state index in [4.69, 9.17) is 5.11 Å². The zero-order valence-electron chi connectivity index (χ0n) is 16.6. The molecule has 0 saturated heterocycles. The van der Waals surface area contributed by atoms with Crippen LogP contribution in [0.25, 0.3) is 17.3 Å². The second-order valence-corrected chi connectivity index (χ2v) is 7.02. The highest BCUT2D eigenvalue weighted by molar-refractivity contribution is 5.74. The fourth-order valence-corrected chi connectivity index (χ4v) is 2.88. The smallest absolute Gasteiger partial charge is 0.305 e. The van der Waals surface area contributed by atoms with E-state index >= 15 is 0 Å². The molecule has 2 aromatic rings. The molecule has 0 bridgehead atoms. The maximum atomic E-state index is 13.4. The molecular weight excluding hydrogens is 377 g/mol. The van der Waals surface area contributed by atoms with Gasteiger partial charge in [0.15, 0.2) is 0 Å². The molecule has 0 aliphatic rings. The fraction of sp³-hybridized carbons (Fsp3) is 0.381. The summed E-state index contributed by atoms with van der Waals surface area (Å²) in [4.78, 5) is 19.7. The van der Waals surface area contributed by atoms with Crippen molar-refractivity contribution in [2.45, 2.75) is 44.8 Å². The van der Waals surface area contributed by atoms with Gasteiger partial charge in [-0.15, -0.1) is 0 Å². The summed E-state index contributed by atoms with van der Waals surface area (Å²) < 4.78 is 13.4. The van der Waals surface area contributed by atoms with Gasteiger partial charge in [-0.3, -0.25) is 4.79 Å². The molecule has 1 aromatic heterocycles. The van der Waals surface area contributed by atoms with E-state index in [1.807, 2.05) is 13.8 Å². The second-order valence-electron chi connectivity index (χ2n) is 7.02. The number of aromatic nitrogens is 2. The number of aliphatic hydroxyl groups is 2. The molecule has 8 heteroatoms. The third-order valence-electron chi connectivity index (χ3n) is 4.27. The minimum Gasteiger partial charge on any atom is -0.481 e. The van der Waals surface area contributed by atoms with E-state index in [9.17, 15) is 19.4 Å². The van der Waals surface area contributed by atoms with Gasteiger partial charge in [0.05, 0.1) is 30.0 Å². The van der Waals surface area contributed by atoms with Crippen LogP contribution in [0.4, 0.5) is 10.3 Å². The Bertz CT molecular complexity index is 869. The summed E-state index contributed by atoms with van der Waals surface area (Å²) in [6.45, 7) is 3.95. The van der Waals surface area contributed by atoms with Crippen molar-refractivity contribution in [2.24, 2.45) is 0 Å². The fourth-order valence-electron chi connectivity index (χ4n) is 2.88. The third-order valence-corrected chi connectivity index (χ3v) is 4.27. The summed E-state index contributed by atoms with van der Waals surface area (Å²) in [6, 6.07) is 5.92. The molecule has 2 rings (SSSR count).